The number of benzene rings is 1. The van der Waals surface area contributed by atoms with Gasteiger partial charge in [0.1, 0.15) is 11.6 Å². The van der Waals surface area contributed by atoms with Crippen molar-refractivity contribution in [3.05, 3.63) is 46.7 Å². The van der Waals surface area contributed by atoms with E-state index >= 15 is 0 Å². The van der Waals surface area contributed by atoms with Crippen LogP contribution < -0.4 is 15.0 Å². The van der Waals surface area contributed by atoms with Gasteiger partial charge in [-0.05, 0) is 38.6 Å². The van der Waals surface area contributed by atoms with Gasteiger partial charge >= 0.3 is 0 Å². The number of ether oxygens (including phenoxy) is 1. The maximum Gasteiger partial charge on any atom is 0.233 e. The van der Waals surface area contributed by atoms with Crippen LogP contribution in [0.1, 0.15) is 24.7 Å². The van der Waals surface area contributed by atoms with Crippen LogP contribution in [-0.2, 0) is 6.42 Å². The summed E-state index contributed by atoms with van der Waals surface area (Å²) in [6, 6.07) is 9.68. The molecule has 0 amide bonds. The predicted molar refractivity (Wildman–Crippen MR) is 136 cm³/mol. The molecule has 0 unspecified atom stereocenters. The maximum absolute atomic E-state index is 6.68. The Balaban J connectivity index is 1.47. The molecule has 34 heavy (non-hydrogen) atoms. The molecule has 0 atom stereocenters. The number of H-pyrrole nitrogens is 2. The quantitative estimate of drug-likeness (QED) is 0.346. The number of aromatic nitrogens is 5. The summed E-state index contributed by atoms with van der Waals surface area (Å²) in [5.41, 5.74) is 3.08. The van der Waals surface area contributed by atoms with Crippen molar-refractivity contribution < 1.29 is 4.74 Å². The summed E-state index contributed by atoms with van der Waals surface area (Å²) in [5, 5.41) is 12.1. The minimum atomic E-state index is 0.421. The molecule has 1 fully saturated rings. The summed E-state index contributed by atoms with van der Waals surface area (Å²) >= 11 is 6.68. The number of aryl methyl sites for hydroxylation is 2. The summed E-state index contributed by atoms with van der Waals surface area (Å²) in [6.07, 6.45) is 1.98. The van der Waals surface area contributed by atoms with Crippen LogP contribution in [0.5, 0.6) is 11.6 Å². The molecule has 0 spiro atoms. The Morgan fingerprint density at radius 2 is 1.94 bits per heavy atom. The fourth-order valence-electron chi connectivity index (χ4n) is 4.14. The molecule has 10 heteroatoms. The fourth-order valence-corrected chi connectivity index (χ4v) is 4.39. The number of hydrogen-bond donors (Lipinski definition) is 3. The molecule has 1 aliphatic rings. The molecule has 4 heterocycles. The normalized spacial score (nSPS) is 14.6. The molecule has 0 radical (unpaired) electrons. The van der Waals surface area contributed by atoms with Crippen molar-refractivity contribution in [2.45, 2.75) is 26.7 Å². The van der Waals surface area contributed by atoms with Crippen LogP contribution in [0.25, 0.3) is 10.9 Å². The average Bonchev–Trinajstić information content (AvgIpc) is 3.42. The largest absolute Gasteiger partial charge is 0.437 e. The molecule has 1 aliphatic heterocycles. The number of nitrogens with one attached hydrogen (secondary N) is 3. The van der Waals surface area contributed by atoms with Crippen LogP contribution in [0, 0.1) is 6.92 Å². The summed E-state index contributed by atoms with van der Waals surface area (Å²) in [5.74, 6) is 2.87. The second kappa shape index (κ2) is 9.52. The molecule has 0 saturated carbocycles. The van der Waals surface area contributed by atoms with Crippen molar-refractivity contribution in [1.29, 1.82) is 0 Å². The summed E-state index contributed by atoms with van der Waals surface area (Å²) in [4.78, 5) is 17.2. The van der Waals surface area contributed by atoms with Gasteiger partial charge in [0.05, 0.1) is 5.02 Å². The van der Waals surface area contributed by atoms with Crippen molar-refractivity contribution in [1.82, 2.24) is 30.0 Å². The first-order valence-corrected chi connectivity index (χ1v) is 12.0. The van der Waals surface area contributed by atoms with Crippen LogP contribution in [0.3, 0.4) is 0 Å². The fraction of sp³-hybridized carbons (Fsp3) is 0.375. The molecule has 1 saturated heterocycles. The third-order valence-electron chi connectivity index (χ3n) is 5.96. The molecule has 3 aromatic heterocycles. The van der Waals surface area contributed by atoms with Crippen LogP contribution in [0.15, 0.2) is 30.3 Å². The predicted octanol–water partition coefficient (Wildman–Crippen LogP) is 4.88. The van der Waals surface area contributed by atoms with Gasteiger partial charge in [0.25, 0.3) is 0 Å². The van der Waals surface area contributed by atoms with Crippen molar-refractivity contribution in [3.8, 4) is 11.6 Å². The van der Waals surface area contributed by atoms with Crippen molar-refractivity contribution >= 4 is 40.1 Å². The number of aromatic amines is 2. The topological polar surface area (TPSA) is 98.0 Å². The molecule has 178 valence electrons. The van der Waals surface area contributed by atoms with Gasteiger partial charge in [0.2, 0.25) is 11.8 Å². The van der Waals surface area contributed by atoms with Gasteiger partial charge in [-0.15, -0.1) is 0 Å². The van der Waals surface area contributed by atoms with Crippen molar-refractivity contribution in [3.63, 3.8) is 0 Å². The Morgan fingerprint density at radius 1 is 1.12 bits per heavy atom. The number of fused-ring (bicyclic) bond motifs is 1. The Hall–Kier alpha value is -3.30. The van der Waals surface area contributed by atoms with Crippen molar-refractivity contribution in [2.75, 3.05) is 43.4 Å². The van der Waals surface area contributed by atoms with Crippen LogP contribution in [0.2, 0.25) is 5.02 Å². The number of nitrogens with zero attached hydrogens (tertiary/aromatic N) is 5. The number of anilines is 3. The lowest BCUT2D eigenvalue weighted by atomic mass is 10.2. The van der Waals surface area contributed by atoms with E-state index in [4.69, 9.17) is 21.3 Å². The highest BCUT2D eigenvalue weighted by Gasteiger charge is 2.19. The highest BCUT2D eigenvalue weighted by molar-refractivity contribution is 6.37. The molecular formula is C24H29ClN8O. The Labute approximate surface area is 203 Å². The zero-order valence-corrected chi connectivity index (χ0v) is 20.4. The highest BCUT2D eigenvalue weighted by Crippen LogP contribution is 2.36. The maximum atomic E-state index is 6.68. The number of piperazine rings is 1. The van der Waals surface area contributed by atoms with E-state index in [9.17, 15) is 0 Å². The van der Waals surface area contributed by atoms with Gasteiger partial charge in [0.15, 0.2) is 5.82 Å². The average molecular weight is 481 g/mol. The van der Waals surface area contributed by atoms with E-state index in [0.717, 1.165) is 67.1 Å². The smallest absolute Gasteiger partial charge is 0.233 e. The lowest BCUT2D eigenvalue weighted by molar-refractivity contribution is 0.312. The second-order valence-electron chi connectivity index (χ2n) is 8.73. The van der Waals surface area contributed by atoms with Crippen molar-refractivity contribution in [2.24, 2.45) is 0 Å². The summed E-state index contributed by atoms with van der Waals surface area (Å²) in [7, 11) is 2.13. The molecular weight excluding hydrogens is 452 g/mol. The Bertz CT molecular complexity index is 1290. The van der Waals surface area contributed by atoms with E-state index in [0.29, 0.717) is 28.4 Å². The molecule has 9 nitrogen and oxygen atoms in total. The molecule has 3 N–H and O–H groups in total. The van der Waals surface area contributed by atoms with Gasteiger partial charge in [-0.2, -0.15) is 15.1 Å². The van der Waals surface area contributed by atoms with Gasteiger partial charge in [-0.1, -0.05) is 24.9 Å². The molecule has 1 aromatic carbocycles. The first-order chi connectivity index (χ1) is 16.5. The number of rotatable bonds is 7. The minimum Gasteiger partial charge on any atom is -0.437 e. The van der Waals surface area contributed by atoms with Gasteiger partial charge in [-0.25, -0.2) is 0 Å². The zero-order valence-electron chi connectivity index (χ0n) is 19.7. The second-order valence-corrected chi connectivity index (χ2v) is 9.10. The van der Waals surface area contributed by atoms with E-state index in [-0.39, 0.29) is 0 Å². The number of halogens is 1. The van der Waals surface area contributed by atoms with E-state index in [2.05, 4.69) is 49.3 Å². The Morgan fingerprint density at radius 3 is 2.74 bits per heavy atom. The molecule has 0 aliphatic carbocycles. The van der Waals surface area contributed by atoms with Crippen LogP contribution in [0.4, 0.5) is 17.6 Å². The lowest BCUT2D eigenvalue weighted by Gasteiger charge is -2.33. The SMILES string of the molecule is CCCc1cc(Nc2nc(Oc3ccc4[nH]c(C)cc4c3Cl)cc(N3CCN(C)CC3)n2)n[nH]1. The Kier molecular flexibility index (Phi) is 6.30. The first-order valence-electron chi connectivity index (χ1n) is 11.6. The van der Waals surface area contributed by atoms with Gasteiger partial charge in [0, 0.05) is 60.6 Å². The van der Waals surface area contributed by atoms with Gasteiger partial charge in [-0.3, -0.25) is 5.10 Å². The third-order valence-corrected chi connectivity index (χ3v) is 6.35. The standard InChI is InChI=1S/C24H29ClN8O/c1-4-5-16-13-20(31-30-16)27-24-28-21(33-10-8-32(3)9-11-33)14-22(29-24)34-19-7-6-18-17(23(19)25)12-15(2)26-18/h6-7,12-14,26H,4-5,8-11H2,1-3H3,(H2,27,28,29,30,31). The molecule has 0 bridgehead atoms. The molecule has 4 aromatic rings. The van der Waals surface area contributed by atoms with Crippen LogP contribution in [-0.4, -0.2) is 63.3 Å². The number of likely N-dealkylation sites (N-methyl/N-ethyl adjacent to an activating group) is 1. The highest BCUT2D eigenvalue weighted by atomic mass is 35.5. The van der Waals surface area contributed by atoms with Gasteiger partial charge < -0.3 is 24.8 Å². The lowest BCUT2D eigenvalue weighted by Crippen LogP contribution is -2.44. The monoisotopic (exact) mass is 480 g/mol. The zero-order chi connectivity index (χ0) is 23.7. The third kappa shape index (κ3) is 4.80. The number of hydrogen-bond acceptors (Lipinski definition) is 7. The van der Waals surface area contributed by atoms with E-state index in [1.165, 1.54) is 0 Å². The first kappa shape index (κ1) is 22.5. The molecule has 5 rings (SSSR count). The van der Waals surface area contributed by atoms with E-state index < -0.39 is 0 Å². The van der Waals surface area contributed by atoms with E-state index in [1.54, 1.807) is 0 Å². The summed E-state index contributed by atoms with van der Waals surface area (Å²) < 4.78 is 6.20. The van der Waals surface area contributed by atoms with E-state index in [1.807, 2.05) is 37.3 Å². The van der Waals surface area contributed by atoms with Crippen LogP contribution >= 0.6 is 11.6 Å². The summed E-state index contributed by atoms with van der Waals surface area (Å²) in [6.45, 7) is 7.84. The minimum absolute atomic E-state index is 0.421.